The number of Topliss-reactive ketones (excluding diaryl/α,β-unsaturated/α-hetero) is 1. The number of carbonyl (C=O) groups is 2. The number of rotatable bonds is 7. The molecule has 1 aliphatic heterocycles. The van der Waals surface area contributed by atoms with Crippen LogP contribution in [0.5, 0.6) is 5.75 Å². The molecule has 0 aliphatic carbocycles. The van der Waals surface area contributed by atoms with Gasteiger partial charge in [-0.1, -0.05) is 47.7 Å². The number of aromatic nitrogens is 1. The minimum absolute atomic E-state index is 0.120. The average molecular weight is 481 g/mol. The molecule has 0 radical (unpaired) electrons. The van der Waals surface area contributed by atoms with Gasteiger partial charge < -0.3 is 19.2 Å². The van der Waals surface area contributed by atoms with Gasteiger partial charge in [-0.25, -0.2) is 4.98 Å². The van der Waals surface area contributed by atoms with Crippen LogP contribution in [0.25, 0.3) is 5.76 Å². The smallest absolute Gasteiger partial charge is 0.295 e. The number of nitrogens with one attached hydrogen (secondary N) is 1. The van der Waals surface area contributed by atoms with Crippen LogP contribution in [0.3, 0.4) is 0 Å². The fraction of sp³-hybridized carbons (Fsp3) is 0.138. The maximum absolute atomic E-state index is 13.5. The highest BCUT2D eigenvalue weighted by atomic mass is 16.5. The Bertz CT molecular complexity index is 1410. The van der Waals surface area contributed by atoms with Gasteiger partial charge in [-0.2, -0.15) is 0 Å². The Morgan fingerprint density at radius 2 is 1.78 bits per heavy atom. The molecule has 7 nitrogen and oxygen atoms in total. The maximum atomic E-state index is 13.5. The van der Waals surface area contributed by atoms with Crippen molar-refractivity contribution in [1.29, 1.82) is 0 Å². The summed E-state index contributed by atoms with van der Waals surface area (Å²) < 4.78 is 11.4. The maximum Gasteiger partial charge on any atom is 0.295 e. The number of hydrogen-bond donors (Lipinski definition) is 0. The van der Waals surface area contributed by atoms with Crippen LogP contribution >= 0.6 is 0 Å². The van der Waals surface area contributed by atoms with Crippen molar-refractivity contribution in [2.75, 3.05) is 0 Å². The molecule has 1 atom stereocenters. The first kappa shape index (κ1) is 23.1. The Morgan fingerprint density at radius 3 is 2.47 bits per heavy atom. The third-order valence-electron chi connectivity index (χ3n) is 6.09. The molecule has 1 N–H and O–H groups in total. The summed E-state index contributed by atoms with van der Waals surface area (Å²) in [6.07, 6.45) is 4.93. The van der Waals surface area contributed by atoms with Crippen LogP contribution in [0.4, 0.5) is 0 Å². The summed E-state index contributed by atoms with van der Waals surface area (Å²) in [7, 11) is 0. The Balaban J connectivity index is 1.43. The van der Waals surface area contributed by atoms with Crippen LogP contribution in [-0.4, -0.2) is 16.6 Å². The molecule has 3 heterocycles. The van der Waals surface area contributed by atoms with Crippen LogP contribution in [0.2, 0.25) is 0 Å². The van der Waals surface area contributed by atoms with E-state index in [-0.39, 0.29) is 12.1 Å². The van der Waals surface area contributed by atoms with E-state index in [1.54, 1.807) is 48.8 Å². The number of benzene rings is 2. The lowest BCUT2D eigenvalue weighted by Gasteiger charge is -2.25. The summed E-state index contributed by atoms with van der Waals surface area (Å²) in [6.45, 7) is 2.57. The molecule has 0 bridgehead atoms. The van der Waals surface area contributed by atoms with Crippen LogP contribution in [0, 0.1) is 6.92 Å². The van der Waals surface area contributed by atoms with Crippen molar-refractivity contribution in [2.45, 2.75) is 26.1 Å². The highest BCUT2D eigenvalue weighted by molar-refractivity contribution is 6.46. The number of ether oxygens (including phenoxy) is 1. The predicted octanol–water partition coefficient (Wildman–Crippen LogP) is 3.41. The minimum atomic E-state index is -0.908. The van der Waals surface area contributed by atoms with Crippen LogP contribution in [0.1, 0.15) is 34.1 Å². The predicted molar refractivity (Wildman–Crippen MR) is 129 cm³/mol. The average Bonchev–Trinajstić information content (AvgIpc) is 3.51. The van der Waals surface area contributed by atoms with E-state index in [1.165, 1.54) is 11.2 Å². The zero-order valence-corrected chi connectivity index (χ0v) is 19.6. The van der Waals surface area contributed by atoms with E-state index in [1.807, 2.05) is 43.3 Å². The van der Waals surface area contributed by atoms with Crippen LogP contribution < -0.4 is 14.8 Å². The minimum Gasteiger partial charge on any atom is -0.872 e. The van der Waals surface area contributed by atoms with Crippen molar-refractivity contribution in [1.82, 2.24) is 4.90 Å². The number of ketones is 1. The van der Waals surface area contributed by atoms with E-state index >= 15 is 0 Å². The van der Waals surface area contributed by atoms with Gasteiger partial charge in [0.15, 0.2) is 12.4 Å². The van der Waals surface area contributed by atoms with Crippen molar-refractivity contribution in [3.05, 3.63) is 125 Å². The number of furan rings is 1. The van der Waals surface area contributed by atoms with Gasteiger partial charge in [0.05, 0.1) is 6.26 Å². The van der Waals surface area contributed by atoms with Crippen LogP contribution in [0.15, 0.2) is 101 Å². The second kappa shape index (κ2) is 9.92. The van der Waals surface area contributed by atoms with Gasteiger partial charge in [0, 0.05) is 24.3 Å². The van der Waals surface area contributed by atoms with E-state index in [4.69, 9.17) is 9.15 Å². The monoisotopic (exact) mass is 480 g/mol. The van der Waals surface area contributed by atoms with Crippen molar-refractivity contribution >= 4 is 17.4 Å². The SMILES string of the molecule is Cc1cccc(COc2ccc(/C([O-])=C3\C(=O)C(=O)N(Cc4cc[nH+]cc4)C3c3ccco3)cc2)c1. The second-order valence-corrected chi connectivity index (χ2v) is 8.63. The first-order chi connectivity index (χ1) is 17.5. The first-order valence-electron chi connectivity index (χ1n) is 11.5. The van der Waals surface area contributed by atoms with Crippen molar-refractivity contribution in [3.63, 3.8) is 0 Å². The number of aryl methyl sites for hydroxylation is 1. The molecule has 2 aromatic carbocycles. The summed E-state index contributed by atoms with van der Waals surface area (Å²) in [4.78, 5) is 30.4. The van der Waals surface area contributed by atoms with E-state index in [9.17, 15) is 14.7 Å². The van der Waals surface area contributed by atoms with Gasteiger partial charge in [-0.05, 0) is 47.9 Å². The first-order valence-corrected chi connectivity index (χ1v) is 11.5. The number of carbonyl (C=O) groups excluding carboxylic acids is 2. The summed E-state index contributed by atoms with van der Waals surface area (Å²) in [6, 6.07) is 20.7. The van der Waals surface area contributed by atoms with Crippen LogP contribution in [-0.2, 0) is 22.7 Å². The summed E-state index contributed by atoms with van der Waals surface area (Å²) >= 11 is 0. The van der Waals surface area contributed by atoms with Crippen molar-refractivity contribution in [2.24, 2.45) is 0 Å². The topological polar surface area (TPSA) is 97.0 Å². The third kappa shape index (κ3) is 4.63. The number of H-pyrrole nitrogens is 1. The molecule has 2 aromatic heterocycles. The Labute approximate surface area is 208 Å². The lowest BCUT2D eigenvalue weighted by atomic mass is 9.99. The molecule has 5 rings (SSSR count). The van der Waals surface area contributed by atoms with Gasteiger partial charge in [-0.3, -0.25) is 9.59 Å². The van der Waals surface area contributed by atoms with E-state index in [2.05, 4.69) is 4.98 Å². The molecule has 36 heavy (non-hydrogen) atoms. The van der Waals surface area contributed by atoms with Gasteiger partial charge in [-0.15, -0.1) is 0 Å². The molecule has 1 aliphatic rings. The number of likely N-dealkylation sites (tertiary alicyclic amines) is 1. The lowest BCUT2D eigenvalue weighted by molar-refractivity contribution is -0.378. The number of hydrogen-bond acceptors (Lipinski definition) is 5. The zero-order valence-electron chi connectivity index (χ0n) is 19.6. The number of amides is 1. The Kier molecular flexibility index (Phi) is 6.36. The van der Waals surface area contributed by atoms with E-state index in [0.29, 0.717) is 23.7 Å². The molecule has 1 saturated heterocycles. The molecule has 0 spiro atoms. The van der Waals surface area contributed by atoms with Gasteiger partial charge in [0.1, 0.15) is 24.2 Å². The normalized spacial score (nSPS) is 16.9. The third-order valence-corrected chi connectivity index (χ3v) is 6.09. The van der Waals surface area contributed by atoms with Crippen molar-refractivity contribution < 1.29 is 28.8 Å². The van der Waals surface area contributed by atoms with E-state index < -0.39 is 23.5 Å². The van der Waals surface area contributed by atoms with Crippen molar-refractivity contribution in [3.8, 4) is 5.75 Å². The quantitative estimate of drug-likeness (QED) is 0.229. The summed E-state index contributed by atoms with van der Waals surface area (Å²) in [5, 5.41) is 13.5. The molecule has 0 saturated carbocycles. The highest BCUT2D eigenvalue weighted by Gasteiger charge is 2.45. The molecule has 4 aromatic rings. The zero-order chi connectivity index (χ0) is 25.1. The second-order valence-electron chi connectivity index (χ2n) is 8.63. The number of aromatic amines is 1. The van der Waals surface area contributed by atoms with Gasteiger partial charge in [0.2, 0.25) is 5.78 Å². The standard InChI is InChI=1S/C29H24N2O5/c1-19-4-2-5-21(16-19)18-36-23-9-7-22(8-10-23)27(32)25-26(24-6-3-15-35-24)31(29(34)28(25)33)17-20-11-13-30-14-12-20/h2-16,26,32H,17-18H2,1H3/b27-25+. The number of pyridine rings is 1. The molecule has 180 valence electrons. The number of nitrogens with zero attached hydrogens (tertiary/aromatic N) is 1. The molecule has 1 amide bonds. The molecule has 1 unspecified atom stereocenters. The fourth-order valence-corrected chi connectivity index (χ4v) is 4.33. The summed E-state index contributed by atoms with van der Waals surface area (Å²) in [5.41, 5.74) is 3.18. The van der Waals surface area contributed by atoms with E-state index in [0.717, 1.165) is 16.7 Å². The summed E-state index contributed by atoms with van der Waals surface area (Å²) in [5.74, 6) is -1.10. The Hall–Kier alpha value is -4.65. The fourth-order valence-electron chi connectivity index (χ4n) is 4.33. The largest absolute Gasteiger partial charge is 0.872 e. The molecule has 7 heteroatoms. The molecule has 1 fully saturated rings. The van der Waals surface area contributed by atoms with Gasteiger partial charge >= 0.3 is 0 Å². The Morgan fingerprint density at radius 1 is 1.00 bits per heavy atom. The molecular formula is C29H24N2O5. The highest BCUT2D eigenvalue weighted by Crippen LogP contribution is 2.39. The molecular weight excluding hydrogens is 456 g/mol. The van der Waals surface area contributed by atoms with Gasteiger partial charge in [0.25, 0.3) is 5.91 Å². The lowest BCUT2D eigenvalue weighted by Crippen LogP contribution is -2.29.